The molecule has 2 aromatic carbocycles. The second-order valence-electron chi connectivity index (χ2n) is 10.3. The molecule has 0 radical (unpaired) electrons. The van der Waals surface area contributed by atoms with Crippen molar-refractivity contribution in [2.45, 2.75) is 59.8 Å². The summed E-state index contributed by atoms with van der Waals surface area (Å²) in [7, 11) is 0. The summed E-state index contributed by atoms with van der Waals surface area (Å²) in [6, 6.07) is 14.8. The summed E-state index contributed by atoms with van der Waals surface area (Å²) in [4.78, 5) is 27.7. The maximum Gasteiger partial charge on any atom is 0.260 e. The van der Waals surface area contributed by atoms with Crippen molar-refractivity contribution in [3.8, 4) is 11.4 Å². The van der Waals surface area contributed by atoms with Crippen molar-refractivity contribution >= 4 is 29.2 Å². The summed E-state index contributed by atoms with van der Waals surface area (Å²) in [6.07, 6.45) is 1.69. The molecule has 2 amide bonds. The number of hydrogen-bond donors (Lipinski definition) is 1. The molecule has 0 aliphatic carbocycles. The van der Waals surface area contributed by atoms with Crippen LogP contribution >= 0.6 is 11.6 Å². The highest BCUT2D eigenvalue weighted by molar-refractivity contribution is 6.30. The highest BCUT2D eigenvalue weighted by atomic mass is 35.5. The van der Waals surface area contributed by atoms with Crippen molar-refractivity contribution in [2.24, 2.45) is 0 Å². The van der Waals surface area contributed by atoms with E-state index in [1.165, 1.54) is 4.90 Å². The van der Waals surface area contributed by atoms with Gasteiger partial charge in [0.1, 0.15) is 18.1 Å². The second kappa shape index (κ2) is 12.3. The summed E-state index contributed by atoms with van der Waals surface area (Å²) in [5.74, 6) is 0.575. The molecule has 1 aromatic heterocycles. The predicted molar refractivity (Wildman–Crippen MR) is 149 cm³/mol. The Morgan fingerprint density at radius 1 is 1.08 bits per heavy atom. The number of aryl methyl sites for hydroxylation is 2. The first-order chi connectivity index (χ1) is 17.5. The van der Waals surface area contributed by atoms with Gasteiger partial charge in [-0.1, -0.05) is 63.4 Å². The molecule has 0 saturated heterocycles. The number of halogens is 1. The van der Waals surface area contributed by atoms with Crippen molar-refractivity contribution in [1.29, 1.82) is 0 Å². The average molecular weight is 525 g/mol. The van der Waals surface area contributed by atoms with Gasteiger partial charge in [0, 0.05) is 23.0 Å². The molecule has 0 fully saturated rings. The zero-order valence-electron chi connectivity index (χ0n) is 22.6. The maximum atomic E-state index is 13.2. The molecule has 1 N–H and O–H groups in total. The van der Waals surface area contributed by atoms with Gasteiger partial charge >= 0.3 is 0 Å². The largest absolute Gasteiger partial charge is 0.484 e. The molecule has 3 rings (SSSR count). The summed E-state index contributed by atoms with van der Waals surface area (Å²) < 4.78 is 7.40. The fourth-order valence-corrected chi connectivity index (χ4v) is 3.95. The standard InChI is InChI=1S/C29H37ClN4O3/c1-7-8-15-33(28(36)19-37-23-12-10-22(30)11-13-23)18-27(35)31-26-17-25(29(4,5)6)32-34(26)24-14-9-20(2)16-21(24)3/h9-14,16-17H,7-8,15,18-19H2,1-6H3,(H,31,35). The monoisotopic (exact) mass is 524 g/mol. The molecule has 0 aliphatic rings. The molecule has 3 aromatic rings. The number of unbranched alkanes of at least 4 members (excludes halogenated alkanes) is 1. The van der Waals surface area contributed by atoms with Gasteiger partial charge in [-0.05, 0) is 56.2 Å². The summed E-state index contributed by atoms with van der Waals surface area (Å²) in [5.41, 5.74) is 3.76. The third-order valence-electron chi connectivity index (χ3n) is 5.97. The van der Waals surface area contributed by atoms with Gasteiger partial charge in [-0.2, -0.15) is 5.10 Å². The number of aromatic nitrogens is 2. The van der Waals surface area contributed by atoms with Crippen LogP contribution in [-0.4, -0.2) is 46.2 Å². The van der Waals surface area contributed by atoms with E-state index in [4.69, 9.17) is 21.4 Å². The zero-order chi connectivity index (χ0) is 27.2. The zero-order valence-corrected chi connectivity index (χ0v) is 23.4. The Labute approximate surface area is 224 Å². The van der Waals surface area contributed by atoms with Crippen LogP contribution in [0.4, 0.5) is 5.82 Å². The van der Waals surface area contributed by atoms with Gasteiger partial charge < -0.3 is 15.0 Å². The van der Waals surface area contributed by atoms with Crippen molar-refractivity contribution < 1.29 is 14.3 Å². The number of nitrogens with zero attached hydrogens (tertiary/aromatic N) is 3. The van der Waals surface area contributed by atoms with E-state index >= 15 is 0 Å². The molecule has 0 spiro atoms. The van der Waals surface area contributed by atoms with Gasteiger partial charge in [-0.15, -0.1) is 0 Å². The molecule has 1 heterocycles. The van der Waals surface area contributed by atoms with Crippen LogP contribution in [0.2, 0.25) is 5.02 Å². The lowest BCUT2D eigenvalue weighted by Gasteiger charge is -2.22. The fourth-order valence-electron chi connectivity index (χ4n) is 3.83. The van der Waals surface area contributed by atoms with Crippen LogP contribution in [0.5, 0.6) is 5.75 Å². The Morgan fingerprint density at radius 3 is 2.41 bits per heavy atom. The minimum absolute atomic E-state index is 0.0777. The smallest absolute Gasteiger partial charge is 0.260 e. The van der Waals surface area contributed by atoms with E-state index in [-0.39, 0.29) is 30.4 Å². The Morgan fingerprint density at radius 2 is 1.78 bits per heavy atom. The Balaban J connectivity index is 1.78. The summed E-state index contributed by atoms with van der Waals surface area (Å²) in [5, 5.41) is 8.41. The molecule has 0 bridgehead atoms. The first-order valence-corrected chi connectivity index (χ1v) is 13.0. The first-order valence-electron chi connectivity index (χ1n) is 12.6. The number of rotatable bonds is 10. The van der Waals surface area contributed by atoms with Crippen LogP contribution in [0.15, 0.2) is 48.5 Å². The minimum Gasteiger partial charge on any atom is -0.484 e. The van der Waals surface area contributed by atoms with E-state index in [0.29, 0.717) is 23.1 Å². The molecule has 0 unspecified atom stereocenters. The van der Waals surface area contributed by atoms with Crippen LogP contribution in [0.3, 0.4) is 0 Å². The number of nitrogens with one attached hydrogen (secondary N) is 1. The molecule has 7 nitrogen and oxygen atoms in total. The minimum atomic E-state index is -0.290. The van der Waals surface area contributed by atoms with Gasteiger partial charge in [0.2, 0.25) is 5.91 Å². The number of benzene rings is 2. The van der Waals surface area contributed by atoms with E-state index in [0.717, 1.165) is 35.3 Å². The number of amides is 2. The Bertz CT molecular complexity index is 1230. The quantitative estimate of drug-likeness (QED) is 0.348. The lowest BCUT2D eigenvalue weighted by molar-refractivity contribution is -0.136. The Kier molecular flexibility index (Phi) is 9.38. The second-order valence-corrected chi connectivity index (χ2v) is 10.8. The van der Waals surface area contributed by atoms with Crippen LogP contribution in [0.1, 0.15) is 57.4 Å². The fraction of sp³-hybridized carbons (Fsp3) is 0.414. The van der Waals surface area contributed by atoms with Crippen molar-refractivity contribution in [3.63, 3.8) is 0 Å². The number of anilines is 1. The Hall–Kier alpha value is -3.32. The third-order valence-corrected chi connectivity index (χ3v) is 6.22. The van der Waals surface area contributed by atoms with E-state index in [2.05, 4.69) is 32.2 Å². The summed E-state index contributed by atoms with van der Waals surface area (Å²) in [6.45, 7) is 12.6. The normalized spacial score (nSPS) is 11.3. The third kappa shape index (κ3) is 7.83. The molecular formula is C29H37ClN4O3. The van der Waals surface area contributed by atoms with E-state index in [1.807, 2.05) is 39.0 Å². The molecular weight excluding hydrogens is 488 g/mol. The van der Waals surface area contributed by atoms with Crippen molar-refractivity contribution in [3.05, 3.63) is 70.4 Å². The van der Waals surface area contributed by atoms with Gasteiger partial charge in [0.25, 0.3) is 5.91 Å². The lowest BCUT2D eigenvalue weighted by atomic mass is 9.92. The first kappa shape index (κ1) is 28.3. The van der Waals surface area contributed by atoms with Crippen LogP contribution in [0.25, 0.3) is 5.69 Å². The van der Waals surface area contributed by atoms with Crippen LogP contribution < -0.4 is 10.1 Å². The van der Waals surface area contributed by atoms with Crippen LogP contribution in [-0.2, 0) is 15.0 Å². The highest BCUT2D eigenvalue weighted by Gasteiger charge is 2.23. The van der Waals surface area contributed by atoms with Crippen molar-refractivity contribution in [1.82, 2.24) is 14.7 Å². The van der Waals surface area contributed by atoms with E-state index < -0.39 is 0 Å². The SMILES string of the molecule is CCCCN(CC(=O)Nc1cc(C(C)(C)C)nn1-c1ccc(C)cc1C)C(=O)COc1ccc(Cl)cc1. The van der Waals surface area contributed by atoms with Crippen molar-refractivity contribution in [2.75, 3.05) is 25.0 Å². The average Bonchev–Trinajstić information content (AvgIpc) is 3.25. The summed E-state index contributed by atoms with van der Waals surface area (Å²) >= 11 is 5.92. The number of carbonyl (C=O) groups is 2. The van der Waals surface area contributed by atoms with E-state index in [9.17, 15) is 9.59 Å². The molecule has 0 aliphatic heterocycles. The molecule has 0 atom stereocenters. The number of carbonyl (C=O) groups excluding carboxylic acids is 2. The van der Waals surface area contributed by atoms with E-state index in [1.54, 1.807) is 28.9 Å². The topological polar surface area (TPSA) is 76.5 Å². The predicted octanol–water partition coefficient (Wildman–Crippen LogP) is 6.09. The number of hydrogen-bond acceptors (Lipinski definition) is 4. The molecule has 37 heavy (non-hydrogen) atoms. The highest BCUT2D eigenvalue weighted by Crippen LogP contribution is 2.28. The van der Waals surface area contributed by atoms with Gasteiger partial charge in [-0.3, -0.25) is 9.59 Å². The number of ether oxygens (including phenoxy) is 1. The van der Waals surface area contributed by atoms with Gasteiger partial charge in [0.15, 0.2) is 6.61 Å². The van der Waals surface area contributed by atoms with Crippen LogP contribution in [0, 0.1) is 13.8 Å². The van der Waals surface area contributed by atoms with Gasteiger partial charge in [0.05, 0.1) is 11.4 Å². The van der Waals surface area contributed by atoms with Gasteiger partial charge in [-0.25, -0.2) is 4.68 Å². The lowest BCUT2D eigenvalue weighted by Crippen LogP contribution is -2.41. The maximum absolute atomic E-state index is 13.2. The molecule has 0 saturated carbocycles. The molecule has 198 valence electrons. The molecule has 8 heteroatoms.